The summed E-state index contributed by atoms with van der Waals surface area (Å²) in [4.78, 5) is 14.4. The molecule has 122 valence electrons. The zero-order valence-electron chi connectivity index (χ0n) is 13.0. The summed E-state index contributed by atoms with van der Waals surface area (Å²) in [5.41, 5.74) is 2.50. The fourth-order valence-corrected chi connectivity index (χ4v) is 3.72. The van der Waals surface area contributed by atoms with Gasteiger partial charge in [0.2, 0.25) is 0 Å². The van der Waals surface area contributed by atoms with E-state index in [1.165, 1.54) is 11.0 Å². The number of fused-ring (bicyclic) bond motifs is 2. The summed E-state index contributed by atoms with van der Waals surface area (Å²) in [5.74, 6) is -1.61. The van der Waals surface area contributed by atoms with Crippen LogP contribution in [0.3, 0.4) is 0 Å². The van der Waals surface area contributed by atoms with Crippen molar-refractivity contribution < 1.29 is 13.6 Å². The Labute approximate surface area is 137 Å². The Morgan fingerprint density at radius 1 is 1.12 bits per heavy atom. The minimum atomic E-state index is -0.694. The summed E-state index contributed by atoms with van der Waals surface area (Å²) in [6, 6.07) is 5.80. The topological polar surface area (TPSA) is 49.0 Å². The smallest absolute Gasteiger partial charge is 0.274 e. The number of hydrogen-bond acceptors (Lipinski definition) is 2. The van der Waals surface area contributed by atoms with Crippen molar-refractivity contribution in [1.82, 2.24) is 4.57 Å². The van der Waals surface area contributed by atoms with Gasteiger partial charge in [0.1, 0.15) is 23.4 Å². The molecule has 0 spiro atoms. The van der Waals surface area contributed by atoms with Crippen molar-refractivity contribution in [1.29, 1.82) is 5.26 Å². The van der Waals surface area contributed by atoms with Gasteiger partial charge in [-0.3, -0.25) is 4.79 Å². The molecule has 1 aromatic heterocycles. The Morgan fingerprint density at radius 3 is 2.75 bits per heavy atom. The number of nitrogens with zero attached hydrogens (tertiary/aromatic N) is 3. The Kier molecular flexibility index (Phi) is 3.38. The number of aromatic nitrogens is 1. The Morgan fingerprint density at radius 2 is 1.96 bits per heavy atom. The summed E-state index contributed by atoms with van der Waals surface area (Å²) in [6.45, 7) is 1.01. The van der Waals surface area contributed by atoms with Crippen LogP contribution >= 0.6 is 0 Å². The van der Waals surface area contributed by atoms with Crippen molar-refractivity contribution in [3.05, 3.63) is 52.3 Å². The monoisotopic (exact) mass is 327 g/mol. The molecule has 24 heavy (non-hydrogen) atoms. The average Bonchev–Trinajstić information content (AvgIpc) is 3.15. The molecular formula is C18H15F2N3O. The van der Waals surface area contributed by atoms with E-state index in [4.69, 9.17) is 0 Å². The molecule has 0 bridgehead atoms. The van der Waals surface area contributed by atoms with Gasteiger partial charge in [-0.2, -0.15) is 5.26 Å². The number of halogens is 2. The van der Waals surface area contributed by atoms with Crippen LogP contribution in [0, 0.1) is 23.0 Å². The molecule has 0 saturated carbocycles. The van der Waals surface area contributed by atoms with Gasteiger partial charge in [-0.1, -0.05) is 0 Å². The van der Waals surface area contributed by atoms with Gasteiger partial charge in [-0.05, 0) is 37.8 Å². The van der Waals surface area contributed by atoms with Crippen LogP contribution in [0.15, 0.2) is 18.2 Å². The van der Waals surface area contributed by atoms with Crippen LogP contribution in [0.25, 0.3) is 0 Å². The second-order valence-corrected chi connectivity index (χ2v) is 6.20. The molecule has 2 aromatic rings. The minimum absolute atomic E-state index is 0.294. The average molecular weight is 327 g/mol. The highest BCUT2D eigenvalue weighted by Crippen LogP contribution is 2.33. The Hall–Kier alpha value is -2.68. The minimum Gasteiger partial charge on any atom is -0.339 e. The summed E-state index contributed by atoms with van der Waals surface area (Å²) in [5, 5.41) is 9.30. The third kappa shape index (κ3) is 2.12. The second-order valence-electron chi connectivity index (χ2n) is 6.20. The highest BCUT2D eigenvalue weighted by atomic mass is 19.1. The maximum Gasteiger partial charge on any atom is 0.274 e. The summed E-state index contributed by atoms with van der Waals surface area (Å²) < 4.78 is 29.4. The van der Waals surface area contributed by atoms with Gasteiger partial charge < -0.3 is 9.47 Å². The third-order valence-electron chi connectivity index (χ3n) is 4.85. The lowest BCUT2D eigenvalue weighted by Crippen LogP contribution is -2.31. The van der Waals surface area contributed by atoms with Crippen molar-refractivity contribution >= 4 is 11.6 Å². The van der Waals surface area contributed by atoms with Crippen LogP contribution in [-0.2, 0) is 19.4 Å². The lowest BCUT2D eigenvalue weighted by molar-refractivity contribution is 0.0979. The van der Waals surface area contributed by atoms with E-state index in [0.29, 0.717) is 42.0 Å². The maximum absolute atomic E-state index is 13.9. The zero-order valence-corrected chi connectivity index (χ0v) is 13.0. The van der Waals surface area contributed by atoms with Crippen LogP contribution in [0.1, 0.15) is 40.2 Å². The second kappa shape index (κ2) is 5.45. The lowest BCUT2D eigenvalue weighted by atomic mass is 10.1. The molecule has 6 heteroatoms. The molecule has 3 heterocycles. The van der Waals surface area contributed by atoms with Crippen molar-refractivity contribution in [3.63, 3.8) is 0 Å². The Bertz CT molecular complexity index is 895. The maximum atomic E-state index is 13.9. The van der Waals surface area contributed by atoms with Gasteiger partial charge in [0, 0.05) is 30.4 Å². The molecule has 0 atom stereocenters. The molecular weight excluding hydrogens is 312 g/mol. The number of carbonyl (C=O) groups excluding carboxylic acids is 1. The van der Waals surface area contributed by atoms with Crippen LogP contribution < -0.4 is 4.90 Å². The van der Waals surface area contributed by atoms with Crippen molar-refractivity contribution in [2.24, 2.45) is 0 Å². The highest BCUT2D eigenvalue weighted by molar-refractivity contribution is 6.06. The Balaban J connectivity index is 1.78. The fourth-order valence-electron chi connectivity index (χ4n) is 3.72. The first-order chi connectivity index (χ1) is 11.6. The summed E-state index contributed by atoms with van der Waals surface area (Å²) in [7, 11) is 0. The quantitative estimate of drug-likeness (QED) is 0.808. The molecule has 0 unspecified atom stereocenters. The fraction of sp³-hybridized carbons (Fsp3) is 0.333. The number of hydrogen-bond donors (Lipinski definition) is 0. The molecule has 0 saturated heterocycles. The van der Waals surface area contributed by atoms with Crippen LogP contribution in [0.4, 0.5) is 14.5 Å². The zero-order chi connectivity index (χ0) is 16.8. The van der Waals surface area contributed by atoms with Crippen molar-refractivity contribution in [2.45, 2.75) is 32.2 Å². The number of amides is 1. The van der Waals surface area contributed by atoms with Crippen LogP contribution in [0.5, 0.6) is 0 Å². The summed E-state index contributed by atoms with van der Waals surface area (Å²) in [6.07, 6.45) is 3.09. The molecule has 0 aliphatic carbocycles. The van der Waals surface area contributed by atoms with E-state index in [-0.39, 0.29) is 5.91 Å². The molecule has 0 fully saturated rings. The number of anilines is 1. The van der Waals surface area contributed by atoms with Gasteiger partial charge >= 0.3 is 0 Å². The first kappa shape index (κ1) is 14.9. The molecule has 4 nitrogen and oxygen atoms in total. The normalized spacial score (nSPS) is 15.8. The molecule has 1 amide bonds. The first-order valence-corrected chi connectivity index (χ1v) is 8.02. The molecule has 2 aliphatic rings. The molecule has 0 radical (unpaired) electrons. The largest absolute Gasteiger partial charge is 0.339 e. The van der Waals surface area contributed by atoms with Gasteiger partial charge in [-0.25, -0.2) is 8.78 Å². The number of carbonyl (C=O) groups is 1. The van der Waals surface area contributed by atoms with E-state index in [9.17, 15) is 18.8 Å². The van der Waals surface area contributed by atoms with E-state index in [0.717, 1.165) is 31.0 Å². The van der Waals surface area contributed by atoms with E-state index in [1.54, 1.807) is 6.07 Å². The predicted molar refractivity (Wildman–Crippen MR) is 83.8 cm³/mol. The van der Waals surface area contributed by atoms with Gasteiger partial charge in [0.25, 0.3) is 5.91 Å². The van der Waals surface area contributed by atoms with E-state index < -0.39 is 11.6 Å². The van der Waals surface area contributed by atoms with Gasteiger partial charge in [0.05, 0.1) is 11.3 Å². The molecule has 1 aromatic carbocycles. The van der Waals surface area contributed by atoms with E-state index >= 15 is 0 Å². The molecule has 2 aliphatic heterocycles. The molecule has 4 rings (SSSR count). The van der Waals surface area contributed by atoms with Crippen molar-refractivity contribution in [3.8, 4) is 6.07 Å². The number of benzene rings is 1. The van der Waals surface area contributed by atoms with Crippen LogP contribution in [0.2, 0.25) is 0 Å². The van der Waals surface area contributed by atoms with E-state index in [2.05, 4.69) is 6.07 Å². The van der Waals surface area contributed by atoms with E-state index in [1.807, 2.05) is 4.57 Å². The number of rotatable bonds is 1. The third-order valence-corrected chi connectivity index (χ3v) is 4.85. The van der Waals surface area contributed by atoms with Gasteiger partial charge in [0.15, 0.2) is 0 Å². The standard InChI is InChI=1S/C18H15F2N3O/c19-12-8-14(20)13-4-6-23(16(13)9-12)18(24)17-7-11(10-21)15-3-1-2-5-22(15)17/h7-9H,1-6H2. The van der Waals surface area contributed by atoms with Gasteiger partial charge in [-0.15, -0.1) is 0 Å². The van der Waals surface area contributed by atoms with Crippen molar-refractivity contribution in [2.75, 3.05) is 11.4 Å². The first-order valence-electron chi connectivity index (χ1n) is 8.02. The summed E-state index contributed by atoms with van der Waals surface area (Å²) >= 11 is 0. The number of nitriles is 1. The predicted octanol–water partition coefficient (Wildman–Crippen LogP) is 3.18. The lowest BCUT2D eigenvalue weighted by Gasteiger charge is -2.21. The highest BCUT2D eigenvalue weighted by Gasteiger charge is 2.32. The van der Waals surface area contributed by atoms with Crippen LogP contribution in [-0.4, -0.2) is 17.0 Å². The SMILES string of the molecule is N#Cc1cc(C(=O)N2CCc3c(F)cc(F)cc32)n2c1CCCC2. The molecule has 0 N–H and O–H groups in total.